The van der Waals surface area contributed by atoms with Gasteiger partial charge in [0, 0.05) is 55.6 Å². The molecule has 1 saturated heterocycles. The lowest BCUT2D eigenvalue weighted by molar-refractivity contribution is -0.125. The maximum atomic E-state index is 14.7. The number of nitrogens with one attached hydrogen (secondary N) is 2. The fraction of sp³-hybridized carbons (Fsp3) is 0.471. The summed E-state index contributed by atoms with van der Waals surface area (Å²) in [7, 11) is 2.07. The van der Waals surface area contributed by atoms with E-state index >= 15 is 0 Å². The summed E-state index contributed by atoms with van der Waals surface area (Å²) in [5.41, 5.74) is 3.97. The summed E-state index contributed by atoms with van der Waals surface area (Å²) in [6.45, 7) is 7.25. The zero-order valence-corrected chi connectivity index (χ0v) is 27.2. The van der Waals surface area contributed by atoms with Gasteiger partial charge in [0.25, 0.3) is 5.91 Å². The molecule has 1 saturated carbocycles. The Labute approximate surface area is 274 Å². The minimum atomic E-state index is -0.746. The Morgan fingerprint density at radius 3 is 2.54 bits per heavy atom. The molecule has 6 rings (SSSR count). The van der Waals surface area contributed by atoms with Crippen molar-refractivity contribution in [3.63, 3.8) is 0 Å². The number of hydrogen-bond donors (Lipinski definition) is 3. The molecule has 2 fully saturated rings. The van der Waals surface area contributed by atoms with Crippen molar-refractivity contribution in [2.75, 3.05) is 43.4 Å². The topological polar surface area (TPSA) is 114 Å². The van der Waals surface area contributed by atoms with Crippen molar-refractivity contribution >= 4 is 35.1 Å². The molecule has 1 aromatic heterocycles. The zero-order chi connectivity index (χ0) is 32.5. The Bertz CT molecular complexity index is 1610. The van der Waals surface area contributed by atoms with Crippen LogP contribution in [0.2, 0.25) is 5.02 Å². The summed E-state index contributed by atoms with van der Waals surface area (Å²) in [5, 5.41) is 16.5. The molecule has 3 N–H and O–H groups in total. The summed E-state index contributed by atoms with van der Waals surface area (Å²) in [5.74, 6) is -0.465. The fourth-order valence-electron chi connectivity index (χ4n) is 6.48. The lowest BCUT2D eigenvalue weighted by atomic mass is 9.93. The highest BCUT2D eigenvalue weighted by Crippen LogP contribution is 2.33. The molecule has 12 heteroatoms. The first kappa shape index (κ1) is 32.2. The van der Waals surface area contributed by atoms with Crippen LogP contribution < -0.4 is 15.5 Å². The average Bonchev–Trinajstić information content (AvgIpc) is 3.38. The molecule has 10 nitrogen and oxygen atoms in total. The predicted octanol–water partition coefficient (Wildman–Crippen LogP) is 4.63. The van der Waals surface area contributed by atoms with Crippen LogP contribution in [0.5, 0.6) is 0 Å². The molecule has 2 amide bonds. The van der Waals surface area contributed by atoms with Crippen LogP contribution in [0.4, 0.5) is 16.0 Å². The molecule has 3 aromatic rings. The molecule has 46 heavy (non-hydrogen) atoms. The van der Waals surface area contributed by atoms with Gasteiger partial charge in [-0.15, -0.1) is 0 Å². The van der Waals surface area contributed by atoms with Crippen molar-refractivity contribution in [2.24, 2.45) is 0 Å². The van der Waals surface area contributed by atoms with Gasteiger partial charge in [-0.1, -0.05) is 23.7 Å². The van der Waals surface area contributed by atoms with Gasteiger partial charge in [0.15, 0.2) is 0 Å². The average molecular weight is 650 g/mol. The maximum absolute atomic E-state index is 14.7. The molecule has 1 aliphatic carbocycles. The molecule has 0 spiro atoms. The van der Waals surface area contributed by atoms with E-state index in [1.807, 2.05) is 25.1 Å². The molecule has 2 unspecified atom stereocenters. The number of amides is 2. The van der Waals surface area contributed by atoms with E-state index in [4.69, 9.17) is 11.6 Å². The number of aliphatic hydroxyl groups excluding tert-OH is 1. The predicted molar refractivity (Wildman–Crippen MR) is 176 cm³/mol. The number of carbonyl (C=O) groups is 2. The number of benzene rings is 2. The first-order valence-corrected chi connectivity index (χ1v) is 16.4. The number of piperazine rings is 1. The Hall–Kier alpha value is -3.80. The number of rotatable bonds is 8. The Kier molecular flexibility index (Phi) is 9.44. The molecular weight excluding hydrogens is 609 g/mol. The van der Waals surface area contributed by atoms with Crippen LogP contribution in [0.25, 0.3) is 11.3 Å². The minimum absolute atomic E-state index is 0.169. The number of aliphatic hydroxyl groups is 1. The Morgan fingerprint density at radius 2 is 1.80 bits per heavy atom. The lowest BCUT2D eigenvalue weighted by Gasteiger charge is -2.34. The second kappa shape index (κ2) is 13.5. The van der Waals surface area contributed by atoms with E-state index < -0.39 is 12.1 Å². The third-order valence-corrected chi connectivity index (χ3v) is 9.74. The normalized spacial score (nSPS) is 21.6. The summed E-state index contributed by atoms with van der Waals surface area (Å²) in [6.07, 6.45) is 4.42. The molecule has 3 heterocycles. The summed E-state index contributed by atoms with van der Waals surface area (Å²) in [6, 6.07) is 9.40. The van der Waals surface area contributed by atoms with Crippen molar-refractivity contribution in [1.29, 1.82) is 0 Å². The van der Waals surface area contributed by atoms with E-state index in [0.29, 0.717) is 39.9 Å². The van der Waals surface area contributed by atoms with Crippen LogP contribution in [0, 0.1) is 5.82 Å². The molecule has 2 aromatic carbocycles. The number of likely N-dealkylation sites (N-methyl/N-ethyl adjacent to an activating group) is 1. The van der Waals surface area contributed by atoms with E-state index in [9.17, 15) is 19.1 Å². The zero-order valence-electron chi connectivity index (χ0n) is 26.5. The smallest absolute Gasteiger partial charge is 0.255 e. The van der Waals surface area contributed by atoms with Gasteiger partial charge in [-0.3, -0.25) is 9.59 Å². The molecular formula is C34H41ClFN7O3. The van der Waals surface area contributed by atoms with Gasteiger partial charge in [-0.05, 0) is 82.0 Å². The van der Waals surface area contributed by atoms with Crippen LogP contribution in [0.1, 0.15) is 67.1 Å². The Balaban J connectivity index is 1.12. The molecule has 2 atom stereocenters. The summed E-state index contributed by atoms with van der Waals surface area (Å²) >= 11 is 6.51. The van der Waals surface area contributed by atoms with Gasteiger partial charge in [-0.2, -0.15) is 0 Å². The van der Waals surface area contributed by atoms with Crippen molar-refractivity contribution in [1.82, 2.24) is 25.1 Å². The van der Waals surface area contributed by atoms with E-state index in [2.05, 4.69) is 37.4 Å². The monoisotopic (exact) mass is 649 g/mol. The quantitative estimate of drug-likeness (QED) is 0.324. The van der Waals surface area contributed by atoms with Gasteiger partial charge in [-0.25, -0.2) is 14.4 Å². The van der Waals surface area contributed by atoms with Crippen LogP contribution in [-0.2, 0) is 11.3 Å². The van der Waals surface area contributed by atoms with E-state index in [0.717, 1.165) is 63.1 Å². The SMILES string of the molecule is CC(NC(=O)C(C)N1Cc2ccc(-c3nc(N[C@H]4CC[C@H](O)CC4)ncc3Cl)cc2C1=O)c1cc(F)cc(N2CCN(C)CC2)c1. The van der Waals surface area contributed by atoms with E-state index in [1.165, 1.54) is 12.1 Å². The molecule has 244 valence electrons. The number of anilines is 2. The highest BCUT2D eigenvalue weighted by molar-refractivity contribution is 6.33. The number of nitrogens with zero attached hydrogens (tertiary/aromatic N) is 5. The van der Waals surface area contributed by atoms with Gasteiger partial charge >= 0.3 is 0 Å². The van der Waals surface area contributed by atoms with Crippen LogP contribution in [0.3, 0.4) is 0 Å². The molecule has 2 aliphatic heterocycles. The number of fused-ring (bicyclic) bond motifs is 1. The van der Waals surface area contributed by atoms with Gasteiger partial charge in [0.1, 0.15) is 11.9 Å². The number of aromatic nitrogens is 2. The highest BCUT2D eigenvalue weighted by Gasteiger charge is 2.35. The van der Waals surface area contributed by atoms with Crippen LogP contribution in [-0.4, -0.2) is 88.1 Å². The molecule has 0 radical (unpaired) electrons. The first-order valence-electron chi connectivity index (χ1n) is 16.0. The highest BCUT2D eigenvalue weighted by atomic mass is 35.5. The third kappa shape index (κ3) is 6.96. The van der Waals surface area contributed by atoms with E-state index in [1.54, 1.807) is 24.1 Å². The second-order valence-corrected chi connectivity index (χ2v) is 13.2. The Morgan fingerprint density at radius 1 is 1.07 bits per heavy atom. The minimum Gasteiger partial charge on any atom is -0.393 e. The summed E-state index contributed by atoms with van der Waals surface area (Å²) in [4.78, 5) is 41.9. The van der Waals surface area contributed by atoms with Gasteiger partial charge < -0.3 is 30.4 Å². The first-order chi connectivity index (χ1) is 22.0. The van der Waals surface area contributed by atoms with E-state index in [-0.39, 0.29) is 29.8 Å². The third-order valence-electron chi connectivity index (χ3n) is 9.47. The van der Waals surface area contributed by atoms with Gasteiger partial charge in [0.05, 0.1) is 29.1 Å². The standard InChI is InChI=1S/C34H41ClFN7O3/c1-20(24-14-25(36)17-27(15-24)42-12-10-41(3)11-13-42)38-32(45)21(2)43-19-23-5-4-22(16-29(23)33(43)46)31-30(35)18-37-34(40-31)39-26-6-8-28(44)9-7-26/h4-5,14-18,20-21,26,28,44H,6-13,19H2,1-3H3,(H,38,45)(H,37,39,40)/t20?,21?,26-,28-. The molecule has 3 aliphatic rings. The molecule has 0 bridgehead atoms. The fourth-order valence-corrected chi connectivity index (χ4v) is 6.68. The second-order valence-electron chi connectivity index (χ2n) is 12.8. The maximum Gasteiger partial charge on any atom is 0.255 e. The van der Waals surface area contributed by atoms with Crippen molar-refractivity contribution in [3.8, 4) is 11.3 Å². The van der Waals surface area contributed by atoms with Crippen molar-refractivity contribution in [3.05, 3.63) is 70.1 Å². The van der Waals surface area contributed by atoms with Crippen molar-refractivity contribution < 1.29 is 19.1 Å². The number of hydrogen-bond acceptors (Lipinski definition) is 8. The largest absolute Gasteiger partial charge is 0.393 e. The number of carbonyl (C=O) groups excluding carboxylic acids is 2. The summed E-state index contributed by atoms with van der Waals surface area (Å²) < 4.78 is 14.7. The van der Waals surface area contributed by atoms with Crippen LogP contribution in [0.15, 0.2) is 42.6 Å². The van der Waals surface area contributed by atoms with Crippen LogP contribution >= 0.6 is 11.6 Å². The van der Waals surface area contributed by atoms with Crippen molar-refractivity contribution in [2.45, 2.75) is 70.3 Å². The number of halogens is 2. The lowest BCUT2D eigenvalue weighted by Crippen LogP contribution is -2.46. The van der Waals surface area contributed by atoms with Gasteiger partial charge in [0.2, 0.25) is 11.9 Å².